The number of nitrogens with two attached hydrogens (primary N) is 1. The highest BCUT2D eigenvalue weighted by Crippen LogP contribution is 1.78. The summed E-state index contributed by atoms with van der Waals surface area (Å²) in [5.41, 5.74) is 4.50. The third kappa shape index (κ3) is 916. The fraction of sp³-hybridized carbons (Fsp3) is 0.857. The lowest BCUT2D eigenvalue weighted by atomic mass is 10.8. The third-order valence-corrected chi connectivity index (χ3v) is 0.274. The van der Waals surface area contributed by atoms with Crippen LogP contribution in [0, 0.1) is 10.7 Å². The smallest absolute Gasteiger partial charge is 0.133 e. The molecular formula is C7H20B2N2S. The molecule has 6 radical (unpaired) electrons. The maximum absolute atomic E-state index is 7.59. The van der Waals surface area contributed by atoms with E-state index in [0.29, 0.717) is 0 Å². The Morgan fingerprint density at radius 2 is 1.08 bits per heavy atom. The first-order chi connectivity index (χ1) is 4.91. The molecule has 0 bridgehead atoms. The summed E-state index contributed by atoms with van der Waals surface area (Å²) in [4.78, 5) is 0. The van der Waals surface area contributed by atoms with Gasteiger partial charge >= 0.3 is 0 Å². The molecular weight excluding hydrogens is 166 g/mol. The zero-order chi connectivity index (χ0) is 9.41. The first-order valence-electron chi connectivity index (χ1n) is 3.41. The summed E-state index contributed by atoms with van der Waals surface area (Å²) in [6.07, 6.45) is 1.74. The lowest BCUT2D eigenvalue weighted by Gasteiger charge is -1.47. The summed E-state index contributed by atoms with van der Waals surface area (Å²) >= 11 is 1.16. The average Bonchev–Trinajstić information content (AvgIpc) is 2.14. The minimum Gasteiger partial charge on any atom is -0.333 e. The van der Waals surface area contributed by atoms with Gasteiger partial charge in [0.15, 0.2) is 0 Å². The maximum atomic E-state index is 7.59. The zero-order valence-electron chi connectivity index (χ0n) is 9.09. The SMILES string of the molecule is CC.CC.CN.CSC#N.[B].[B]. The Hall–Kier alpha value is -0.0701. The largest absolute Gasteiger partial charge is 0.333 e. The second-order valence-corrected chi connectivity index (χ2v) is 0.886. The molecule has 0 aromatic rings. The van der Waals surface area contributed by atoms with E-state index in [2.05, 4.69) is 5.73 Å². The number of hydrogen-bond donors (Lipinski definition) is 1. The summed E-state index contributed by atoms with van der Waals surface area (Å²) in [7, 11) is 1.50. The maximum Gasteiger partial charge on any atom is 0.133 e. The van der Waals surface area contributed by atoms with Gasteiger partial charge < -0.3 is 5.73 Å². The fourth-order valence-corrected chi connectivity index (χ4v) is 0. The molecule has 0 rings (SSSR count). The van der Waals surface area contributed by atoms with Crippen molar-refractivity contribution in [3.63, 3.8) is 0 Å². The second-order valence-electron chi connectivity index (χ2n) is 0.295. The lowest BCUT2D eigenvalue weighted by Crippen LogP contribution is -1.69. The van der Waals surface area contributed by atoms with E-state index in [0.717, 1.165) is 11.8 Å². The van der Waals surface area contributed by atoms with Gasteiger partial charge in [0, 0.05) is 16.8 Å². The minimum atomic E-state index is 0. The predicted molar refractivity (Wildman–Crippen MR) is 63.4 cm³/mol. The Balaban J connectivity index is -0.0000000101. The van der Waals surface area contributed by atoms with Crippen molar-refractivity contribution in [3.8, 4) is 5.40 Å². The van der Waals surface area contributed by atoms with Crippen molar-refractivity contribution >= 4 is 28.6 Å². The molecule has 0 fully saturated rings. The van der Waals surface area contributed by atoms with Gasteiger partial charge in [-0.1, -0.05) is 27.7 Å². The van der Waals surface area contributed by atoms with Crippen LogP contribution >= 0.6 is 11.8 Å². The van der Waals surface area contributed by atoms with Crippen LogP contribution in [0.4, 0.5) is 0 Å². The molecule has 0 amide bonds. The van der Waals surface area contributed by atoms with Gasteiger partial charge in [0.2, 0.25) is 0 Å². The van der Waals surface area contributed by atoms with Crippen molar-refractivity contribution in [2.45, 2.75) is 27.7 Å². The molecule has 0 aliphatic rings. The zero-order valence-corrected chi connectivity index (χ0v) is 9.90. The van der Waals surface area contributed by atoms with E-state index in [1.165, 1.54) is 7.05 Å². The third-order valence-electron chi connectivity index (χ3n) is 0.0913. The molecule has 0 aliphatic carbocycles. The molecule has 0 atom stereocenters. The molecule has 5 heteroatoms. The fourth-order valence-electron chi connectivity index (χ4n) is 0. The summed E-state index contributed by atoms with van der Waals surface area (Å²) < 4.78 is 0. The summed E-state index contributed by atoms with van der Waals surface area (Å²) in [5.74, 6) is 0. The highest BCUT2D eigenvalue weighted by molar-refractivity contribution is 8.03. The lowest BCUT2D eigenvalue weighted by molar-refractivity contribution is 1.48. The van der Waals surface area contributed by atoms with E-state index in [9.17, 15) is 0 Å². The van der Waals surface area contributed by atoms with Crippen LogP contribution in [0.2, 0.25) is 0 Å². The average molecular weight is 186 g/mol. The summed E-state index contributed by atoms with van der Waals surface area (Å²) in [6, 6.07) is 0. The van der Waals surface area contributed by atoms with Crippen molar-refractivity contribution in [2.24, 2.45) is 5.73 Å². The van der Waals surface area contributed by atoms with Crippen LogP contribution in [0.15, 0.2) is 0 Å². The molecule has 0 aromatic heterocycles. The van der Waals surface area contributed by atoms with E-state index in [1.807, 2.05) is 33.1 Å². The number of thioether (sulfide) groups is 1. The van der Waals surface area contributed by atoms with Gasteiger partial charge in [0.1, 0.15) is 5.40 Å². The standard InChI is InChI=1S/C2H3NS.2C2H6.CH5N.2B/c1-4-2-3;3*1-2;;/h1H3;2*1-2H3;2H2,1H3;;. The topological polar surface area (TPSA) is 49.8 Å². The van der Waals surface area contributed by atoms with Crippen LogP contribution in [0.25, 0.3) is 0 Å². The molecule has 0 aromatic carbocycles. The molecule has 0 aliphatic heterocycles. The molecule has 0 unspecified atom stereocenters. The van der Waals surface area contributed by atoms with Crippen molar-refractivity contribution < 1.29 is 0 Å². The molecule has 2 nitrogen and oxygen atoms in total. The van der Waals surface area contributed by atoms with E-state index in [4.69, 9.17) is 5.26 Å². The van der Waals surface area contributed by atoms with Gasteiger partial charge in [-0.3, -0.25) is 0 Å². The summed E-state index contributed by atoms with van der Waals surface area (Å²) in [6.45, 7) is 8.00. The van der Waals surface area contributed by atoms with Gasteiger partial charge in [-0.25, -0.2) is 0 Å². The van der Waals surface area contributed by atoms with Crippen LogP contribution in [0.1, 0.15) is 27.7 Å². The first kappa shape index (κ1) is 40.5. The quantitative estimate of drug-likeness (QED) is 0.462. The van der Waals surface area contributed by atoms with Crippen molar-refractivity contribution in [1.29, 1.82) is 5.26 Å². The normalized spacial score (nSPS) is 3.17. The highest BCUT2D eigenvalue weighted by atomic mass is 32.2. The first-order valence-corrected chi connectivity index (χ1v) is 4.64. The number of nitriles is 1. The van der Waals surface area contributed by atoms with Crippen LogP contribution < -0.4 is 5.73 Å². The highest BCUT2D eigenvalue weighted by Gasteiger charge is 1.49. The van der Waals surface area contributed by atoms with Gasteiger partial charge in [-0.15, -0.1) is 0 Å². The summed E-state index contributed by atoms with van der Waals surface area (Å²) in [5, 5.41) is 9.44. The van der Waals surface area contributed by atoms with E-state index in [-0.39, 0.29) is 16.8 Å². The molecule has 0 saturated carbocycles. The molecule has 0 heterocycles. The molecule has 12 heavy (non-hydrogen) atoms. The van der Waals surface area contributed by atoms with E-state index < -0.39 is 0 Å². The van der Waals surface area contributed by atoms with Crippen LogP contribution in [0.5, 0.6) is 0 Å². The Morgan fingerprint density at radius 1 is 1.00 bits per heavy atom. The van der Waals surface area contributed by atoms with Crippen LogP contribution in [-0.4, -0.2) is 30.1 Å². The molecule has 2 N–H and O–H groups in total. The van der Waals surface area contributed by atoms with Crippen molar-refractivity contribution in [2.75, 3.05) is 13.3 Å². The van der Waals surface area contributed by atoms with Crippen molar-refractivity contribution in [3.05, 3.63) is 0 Å². The number of rotatable bonds is 0. The Kier molecular flexibility index (Phi) is 977. The monoisotopic (exact) mass is 186 g/mol. The predicted octanol–water partition coefficient (Wildman–Crippen LogP) is 1.70. The van der Waals surface area contributed by atoms with Crippen molar-refractivity contribution in [1.82, 2.24) is 0 Å². The van der Waals surface area contributed by atoms with Crippen LogP contribution in [0.3, 0.4) is 0 Å². The van der Waals surface area contributed by atoms with E-state index >= 15 is 0 Å². The molecule has 0 spiro atoms. The second kappa shape index (κ2) is 289. The Morgan fingerprint density at radius 3 is 1.08 bits per heavy atom. The minimum absolute atomic E-state index is 0. The van der Waals surface area contributed by atoms with Gasteiger partial charge in [-0.2, -0.15) is 5.26 Å². The van der Waals surface area contributed by atoms with Crippen LogP contribution in [-0.2, 0) is 0 Å². The number of nitrogens with zero attached hydrogens (tertiary/aromatic N) is 1. The number of thiocyanates is 1. The van der Waals surface area contributed by atoms with Gasteiger partial charge in [0.25, 0.3) is 0 Å². The molecule has 0 saturated heterocycles. The van der Waals surface area contributed by atoms with E-state index in [1.54, 1.807) is 6.26 Å². The van der Waals surface area contributed by atoms with Gasteiger partial charge in [0.05, 0.1) is 0 Å². The Labute approximate surface area is 86.4 Å². The van der Waals surface area contributed by atoms with Gasteiger partial charge in [-0.05, 0) is 25.1 Å². The molecule has 70 valence electrons. The Bertz CT molecular complexity index is 49.2. The number of hydrogen-bond acceptors (Lipinski definition) is 3.